The molecule has 1 aromatic rings. The van der Waals surface area contributed by atoms with Crippen molar-refractivity contribution in [3.05, 3.63) is 29.3 Å². The predicted octanol–water partition coefficient (Wildman–Crippen LogP) is 2.25. The van der Waals surface area contributed by atoms with E-state index in [-0.39, 0.29) is 5.92 Å². The third-order valence-corrected chi connectivity index (χ3v) is 3.34. The van der Waals surface area contributed by atoms with Crippen LogP contribution in [0.25, 0.3) is 0 Å². The van der Waals surface area contributed by atoms with Crippen molar-refractivity contribution in [2.24, 2.45) is 11.8 Å². The lowest BCUT2D eigenvalue weighted by Gasteiger charge is -2.10. The minimum absolute atomic E-state index is 0.156. The van der Waals surface area contributed by atoms with Gasteiger partial charge in [0.25, 0.3) is 0 Å². The largest absolute Gasteiger partial charge is 0.497 e. The lowest BCUT2D eigenvalue weighted by atomic mass is 9.93. The van der Waals surface area contributed by atoms with Gasteiger partial charge in [-0.05, 0) is 42.0 Å². The summed E-state index contributed by atoms with van der Waals surface area (Å²) in [4.78, 5) is 10.7. The number of hydrogen-bond acceptors (Lipinski definition) is 2. The van der Waals surface area contributed by atoms with Crippen LogP contribution in [0.4, 0.5) is 0 Å². The molecule has 2 nitrogen and oxygen atoms in total. The summed E-state index contributed by atoms with van der Waals surface area (Å²) in [6.07, 6.45) is 3.10. The van der Waals surface area contributed by atoms with Crippen LogP contribution in [-0.2, 0) is 17.6 Å². The Morgan fingerprint density at radius 3 is 2.80 bits per heavy atom. The second kappa shape index (κ2) is 4.05. The van der Waals surface area contributed by atoms with Gasteiger partial charge in [0.1, 0.15) is 12.0 Å². The lowest BCUT2D eigenvalue weighted by Crippen LogP contribution is -2.12. The topological polar surface area (TPSA) is 26.3 Å². The van der Waals surface area contributed by atoms with Gasteiger partial charge >= 0.3 is 0 Å². The lowest BCUT2D eigenvalue weighted by molar-refractivity contribution is -0.111. The highest BCUT2D eigenvalue weighted by Gasteiger charge is 2.25. The smallest absolute Gasteiger partial charge is 0.123 e. The molecule has 2 rings (SSSR count). The number of hydrogen-bond donors (Lipinski definition) is 0. The molecule has 0 N–H and O–H groups in total. The van der Waals surface area contributed by atoms with E-state index in [2.05, 4.69) is 12.1 Å². The Labute approximate surface area is 90.3 Å². The van der Waals surface area contributed by atoms with Crippen LogP contribution in [-0.4, -0.2) is 13.4 Å². The fourth-order valence-corrected chi connectivity index (χ4v) is 2.24. The van der Waals surface area contributed by atoms with Crippen LogP contribution in [0.2, 0.25) is 0 Å². The van der Waals surface area contributed by atoms with Crippen molar-refractivity contribution in [3.63, 3.8) is 0 Å². The molecule has 0 spiro atoms. The molecular formula is C13H16O2. The van der Waals surface area contributed by atoms with Crippen molar-refractivity contribution < 1.29 is 9.53 Å². The quantitative estimate of drug-likeness (QED) is 0.706. The molecule has 0 fully saturated rings. The number of ether oxygens (including phenoxy) is 1. The molecule has 0 amide bonds. The molecule has 0 aromatic heterocycles. The van der Waals surface area contributed by atoms with Crippen LogP contribution in [0.3, 0.4) is 0 Å². The molecule has 0 bridgehead atoms. The van der Waals surface area contributed by atoms with Crippen LogP contribution in [0.5, 0.6) is 5.75 Å². The molecule has 80 valence electrons. The van der Waals surface area contributed by atoms with Crippen LogP contribution in [0.1, 0.15) is 18.1 Å². The van der Waals surface area contributed by atoms with E-state index < -0.39 is 0 Å². The summed E-state index contributed by atoms with van der Waals surface area (Å²) < 4.78 is 5.19. The number of benzene rings is 1. The summed E-state index contributed by atoms with van der Waals surface area (Å²) in [6.45, 7) is 2.00. The van der Waals surface area contributed by atoms with Gasteiger partial charge in [-0.25, -0.2) is 0 Å². The highest BCUT2D eigenvalue weighted by atomic mass is 16.5. The van der Waals surface area contributed by atoms with Crippen molar-refractivity contribution in [2.75, 3.05) is 7.11 Å². The van der Waals surface area contributed by atoms with E-state index in [4.69, 9.17) is 4.74 Å². The van der Waals surface area contributed by atoms with Crippen LogP contribution in [0.15, 0.2) is 18.2 Å². The molecule has 0 saturated carbocycles. The van der Waals surface area contributed by atoms with E-state index >= 15 is 0 Å². The van der Waals surface area contributed by atoms with Gasteiger partial charge in [0.05, 0.1) is 7.11 Å². The maximum atomic E-state index is 10.7. The second-order valence-electron chi connectivity index (χ2n) is 4.30. The van der Waals surface area contributed by atoms with Crippen LogP contribution >= 0.6 is 0 Å². The average molecular weight is 204 g/mol. The first-order chi connectivity index (χ1) is 7.24. The number of carbonyl (C=O) groups excluding carboxylic acids is 1. The molecule has 0 aliphatic heterocycles. The highest BCUT2D eigenvalue weighted by Crippen LogP contribution is 2.32. The maximum Gasteiger partial charge on any atom is 0.123 e. The van der Waals surface area contributed by atoms with Crippen molar-refractivity contribution in [3.8, 4) is 5.75 Å². The molecule has 1 aromatic carbocycles. The molecule has 0 heterocycles. The van der Waals surface area contributed by atoms with Gasteiger partial charge in [-0.3, -0.25) is 0 Å². The zero-order valence-corrected chi connectivity index (χ0v) is 9.19. The fourth-order valence-electron chi connectivity index (χ4n) is 2.24. The van der Waals surface area contributed by atoms with Gasteiger partial charge in [0.15, 0.2) is 0 Å². The van der Waals surface area contributed by atoms with Crippen molar-refractivity contribution in [2.45, 2.75) is 19.8 Å². The molecule has 0 saturated heterocycles. The summed E-state index contributed by atoms with van der Waals surface area (Å²) >= 11 is 0. The molecule has 1 aliphatic rings. The SMILES string of the molecule is COc1ccc2c(c1)CC(C(C)C=O)C2. The van der Waals surface area contributed by atoms with Gasteiger partial charge in [-0.2, -0.15) is 0 Å². The Balaban J connectivity index is 2.19. The van der Waals surface area contributed by atoms with Crippen molar-refractivity contribution in [1.29, 1.82) is 0 Å². The van der Waals surface area contributed by atoms with E-state index in [0.717, 1.165) is 24.9 Å². The number of methoxy groups -OCH3 is 1. The first kappa shape index (κ1) is 10.2. The third-order valence-electron chi connectivity index (χ3n) is 3.34. The highest BCUT2D eigenvalue weighted by molar-refractivity contribution is 5.54. The summed E-state index contributed by atoms with van der Waals surface area (Å²) in [5.74, 6) is 1.54. The number of rotatable bonds is 3. The number of aldehydes is 1. The fraction of sp³-hybridized carbons (Fsp3) is 0.462. The molecule has 2 atom stereocenters. The van der Waals surface area contributed by atoms with Crippen molar-refractivity contribution in [1.82, 2.24) is 0 Å². The van der Waals surface area contributed by atoms with Gasteiger partial charge in [0.2, 0.25) is 0 Å². The predicted molar refractivity (Wildman–Crippen MR) is 59.1 cm³/mol. The molecular weight excluding hydrogens is 188 g/mol. The Kier molecular flexibility index (Phi) is 2.76. The Morgan fingerprint density at radius 2 is 2.13 bits per heavy atom. The van der Waals surface area contributed by atoms with Gasteiger partial charge in [0, 0.05) is 5.92 Å². The first-order valence-corrected chi connectivity index (χ1v) is 5.35. The minimum atomic E-state index is 0.156. The van der Waals surface area contributed by atoms with E-state index in [1.165, 1.54) is 11.1 Å². The Hall–Kier alpha value is -1.31. The first-order valence-electron chi connectivity index (χ1n) is 5.35. The molecule has 0 radical (unpaired) electrons. The number of fused-ring (bicyclic) bond motifs is 1. The Bertz CT molecular complexity index is 371. The summed E-state index contributed by atoms with van der Waals surface area (Å²) in [7, 11) is 1.68. The van der Waals surface area contributed by atoms with Gasteiger partial charge in [-0.15, -0.1) is 0 Å². The van der Waals surface area contributed by atoms with E-state index in [0.29, 0.717) is 5.92 Å². The second-order valence-corrected chi connectivity index (χ2v) is 4.30. The Morgan fingerprint density at radius 1 is 1.40 bits per heavy atom. The molecule has 2 unspecified atom stereocenters. The third kappa shape index (κ3) is 1.89. The molecule has 1 aliphatic carbocycles. The minimum Gasteiger partial charge on any atom is -0.497 e. The van der Waals surface area contributed by atoms with E-state index in [9.17, 15) is 4.79 Å². The van der Waals surface area contributed by atoms with Crippen LogP contribution in [0, 0.1) is 11.8 Å². The summed E-state index contributed by atoms with van der Waals surface area (Å²) in [5, 5.41) is 0. The maximum absolute atomic E-state index is 10.7. The summed E-state index contributed by atoms with van der Waals surface area (Å²) in [6, 6.07) is 6.20. The standard InChI is InChI=1S/C13H16O2/c1-9(8-14)11-5-10-3-4-13(15-2)7-12(10)6-11/h3-4,7-9,11H,5-6H2,1-2H3. The summed E-state index contributed by atoms with van der Waals surface area (Å²) in [5.41, 5.74) is 2.71. The van der Waals surface area contributed by atoms with Gasteiger partial charge in [-0.1, -0.05) is 13.0 Å². The molecule has 2 heteroatoms. The average Bonchev–Trinajstić information content (AvgIpc) is 2.70. The number of carbonyl (C=O) groups is 1. The zero-order valence-electron chi connectivity index (χ0n) is 9.19. The van der Waals surface area contributed by atoms with Gasteiger partial charge < -0.3 is 9.53 Å². The van der Waals surface area contributed by atoms with Crippen LogP contribution < -0.4 is 4.74 Å². The molecule has 15 heavy (non-hydrogen) atoms. The normalized spacial score (nSPS) is 20.8. The van der Waals surface area contributed by atoms with E-state index in [1.54, 1.807) is 7.11 Å². The van der Waals surface area contributed by atoms with E-state index in [1.807, 2.05) is 13.0 Å². The van der Waals surface area contributed by atoms with Crippen molar-refractivity contribution >= 4 is 6.29 Å². The zero-order chi connectivity index (χ0) is 10.8. The monoisotopic (exact) mass is 204 g/mol.